The number of aromatic nitrogens is 1. The predicted molar refractivity (Wildman–Crippen MR) is 99.4 cm³/mol. The molecule has 0 radical (unpaired) electrons. The second kappa shape index (κ2) is 9.55. The van der Waals surface area contributed by atoms with Crippen LogP contribution in [-0.4, -0.2) is 48.1 Å². The Kier molecular flexibility index (Phi) is 7.69. The number of alkyl halides is 3. The number of guanidine groups is 1. The molecule has 0 aliphatic carbocycles. The van der Waals surface area contributed by atoms with Gasteiger partial charge in [-0.05, 0) is 45.7 Å². The van der Waals surface area contributed by atoms with Crippen molar-refractivity contribution in [2.24, 2.45) is 10.9 Å². The van der Waals surface area contributed by atoms with Gasteiger partial charge in [-0.2, -0.15) is 13.2 Å². The van der Waals surface area contributed by atoms with E-state index in [-0.39, 0.29) is 6.54 Å². The first-order valence-corrected chi connectivity index (χ1v) is 9.95. The molecule has 1 atom stereocenters. The molecule has 148 valence electrons. The Labute approximate surface area is 157 Å². The highest BCUT2D eigenvalue weighted by Gasteiger charge is 2.33. The third-order valence-corrected chi connectivity index (χ3v) is 5.40. The molecule has 2 rings (SSSR count). The van der Waals surface area contributed by atoms with Crippen molar-refractivity contribution in [1.29, 1.82) is 0 Å². The Morgan fingerprint density at radius 3 is 2.65 bits per heavy atom. The van der Waals surface area contributed by atoms with Gasteiger partial charge in [-0.3, -0.25) is 4.90 Å². The Morgan fingerprint density at radius 1 is 1.38 bits per heavy atom. The highest BCUT2D eigenvalue weighted by molar-refractivity contribution is 7.09. The number of aliphatic imine (C=N–C) groups is 1. The van der Waals surface area contributed by atoms with Crippen LogP contribution in [0.15, 0.2) is 10.4 Å². The van der Waals surface area contributed by atoms with Crippen LogP contribution in [0.25, 0.3) is 0 Å². The van der Waals surface area contributed by atoms with Crippen molar-refractivity contribution in [3.8, 4) is 0 Å². The van der Waals surface area contributed by atoms with Crippen molar-refractivity contribution in [3.63, 3.8) is 0 Å². The van der Waals surface area contributed by atoms with Crippen molar-refractivity contribution in [3.05, 3.63) is 16.1 Å². The van der Waals surface area contributed by atoms with Gasteiger partial charge in [-0.1, -0.05) is 6.92 Å². The van der Waals surface area contributed by atoms with E-state index in [1.165, 1.54) is 12.8 Å². The molecule has 1 saturated heterocycles. The van der Waals surface area contributed by atoms with E-state index in [1.807, 2.05) is 6.92 Å². The van der Waals surface area contributed by atoms with Gasteiger partial charge in [0.25, 0.3) is 0 Å². The zero-order valence-corrected chi connectivity index (χ0v) is 16.4. The summed E-state index contributed by atoms with van der Waals surface area (Å²) in [5, 5.41) is 7.80. The lowest BCUT2D eigenvalue weighted by Gasteiger charge is -2.35. The number of piperidine rings is 1. The SMILES string of the molecule is CCNC(=NCc1nc(C(F)(F)F)cs1)NCC(C)N1CCC(C)CC1. The lowest BCUT2D eigenvalue weighted by atomic mass is 9.98. The highest BCUT2D eigenvalue weighted by atomic mass is 32.1. The minimum atomic E-state index is -4.40. The average molecular weight is 392 g/mol. The van der Waals surface area contributed by atoms with E-state index in [4.69, 9.17) is 0 Å². The molecule has 0 saturated carbocycles. The van der Waals surface area contributed by atoms with Gasteiger partial charge in [-0.25, -0.2) is 9.98 Å². The van der Waals surface area contributed by atoms with E-state index in [0.29, 0.717) is 23.6 Å². The Morgan fingerprint density at radius 2 is 2.08 bits per heavy atom. The summed E-state index contributed by atoms with van der Waals surface area (Å²) in [5.41, 5.74) is -0.849. The van der Waals surface area contributed by atoms with Gasteiger partial charge in [0, 0.05) is 24.5 Å². The molecular weight excluding hydrogens is 363 g/mol. The average Bonchev–Trinajstić information content (AvgIpc) is 3.07. The molecule has 0 spiro atoms. The molecule has 1 fully saturated rings. The Hall–Kier alpha value is -1.35. The van der Waals surface area contributed by atoms with Gasteiger partial charge >= 0.3 is 6.18 Å². The molecule has 2 heterocycles. The van der Waals surface area contributed by atoms with E-state index < -0.39 is 11.9 Å². The van der Waals surface area contributed by atoms with Crippen molar-refractivity contribution < 1.29 is 13.2 Å². The number of hydrogen-bond donors (Lipinski definition) is 2. The molecule has 26 heavy (non-hydrogen) atoms. The summed E-state index contributed by atoms with van der Waals surface area (Å²) in [7, 11) is 0. The molecule has 5 nitrogen and oxygen atoms in total. The molecule has 1 aromatic rings. The molecule has 1 aliphatic rings. The summed E-state index contributed by atoms with van der Waals surface area (Å²) in [6.07, 6.45) is -1.95. The maximum atomic E-state index is 12.6. The predicted octanol–water partition coefficient (Wildman–Crippen LogP) is 3.34. The van der Waals surface area contributed by atoms with E-state index in [0.717, 1.165) is 42.3 Å². The smallest absolute Gasteiger partial charge is 0.357 e. The minimum Gasteiger partial charge on any atom is -0.357 e. The van der Waals surface area contributed by atoms with Crippen LogP contribution in [0.1, 0.15) is 44.3 Å². The van der Waals surface area contributed by atoms with Gasteiger partial charge in [0.05, 0.1) is 6.54 Å². The molecule has 1 unspecified atom stereocenters. The molecule has 2 N–H and O–H groups in total. The van der Waals surface area contributed by atoms with Gasteiger partial charge in [-0.15, -0.1) is 11.3 Å². The summed E-state index contributed by atoms with van der Waals surface area (Å²) in [6, 6.07) is 0.378. The summed E-state index contributed by atoms with van der Waals surface area (Å²) in [4.78, 5) is 10.4. The number of hydrogen-bond acceptors (Lipinski definition) is 4. The largest absolute Gasteiger partial charge is 0.434 e. The fourth-order valence-corrected chi connectivity index (χ4v) is 3.57. The van der Waals surface area contributed by atoms with Crippen LogP contribution < -0.4 is 10.6 Å². The van der Waals surface area contributed by atoms with Crippen LogP contribution in [-0.2, 0) is 12.7 Å². The summed E-state index contributed by atoms with van der Waals surface area (Å²) < 4.78 is 37.8. The maximum Gasteiger partial charge on any atom is 0.434 e. The number of halogens is 3. The topological polar surface area (TPSA) is 52.6 Å². The van der Waals surface area contributed by atoms with Gasteiger partial charge in [0.15, 0.2) is 11.7 Å². The highest BCUT2D eigenvalue weighted by Crippen LogP contribution is 2.30. The van der Waals surface area contributed by atoms with Gasteiger partial charge in [0.1, 0.15) is 5.01 Å². The Balaban J connectivity index is 1.87. The Bertz CT molecular complexity index is 579. The third kappa shape index (κ3) is 6.42. The molecule has 1 aromatic heterocycles. The van der Waals surface area contributed by atoms with Crippen LogP contribution in [0.4, 0.5) is 13.2 Å². The molecule has 1 aliphatic heterocycles. The number of nitrogens with zero attached hydrogens (tertiary/aromatic N) is 3. The third-order valence-electron chi connectivity index (χ3n) is 4.57. The van der Waals surface area contributed by atoms with Gasteiger partial charge < -0.3 is 10.6 Å². The number of likely N-dealkylation sites (tertiary alicyclic amines) is 1. The number of nitrogens with one attached hydrogen (secondary N) is 2. The first kappa shape index (κ1) is 21.0. The zero-order valence-electron chi connectivity index (χ0n) is 15.6. The molecule has 0 bridgehead atoms. The summed E-state index contributed by atoms with van der Waals surface area (Å²) >= 11 is 0.982. The van der Waals surface area contributed by atoms with E-state index in [9.17, 15) is 13.2 Å². The molecule has 0 amide bonds. The van der Waals surface area contributed by atoms with Crippen LogP contribution in [0.5, 0.6) is 0 Å². The van der Waals surface area contributed by atoms with Crippen LogP contribution >= 0.6 is 11.3 Å². The molecule has 9 heteroatoms. The van der Waals surface area contributed by atoms with Gasteiger partial charge in [0.2, 0.25) is 0 Å². The van der Waals surface area contributed by atoms with Crippen molar-refractivity contribution in [2.45, 2.75) is 52.4 Å². The lowest BCUT2D eigenvalue weighted by molar-refractivity contribution is -0.140. The molecular formula is C17H28F3N5S. The summed E-state index contributed by atoms with van der Waals surface area (Å²) in [6.45, 7) is 10.2. The number of thiazole rings is 1. The van der Waals surface area contributed by atoms with E-state index >= 15 is 0 Å². The fourth-order valence-electron chi connectivity index (χ4n) is 2.84. The zero-order chi connectivity index (χ0) is 19.2. The van der Waals surface area contributed by atoms with Crippen LogP contribution in [0, 0.1) is 5.92 Å². The standard InChI is InChI=1S/C17H28F3N5S/c1-4-21-16(22-9-13(3)25-7-5-12(2)6-8-25)23-10-15-24-14(11-26-15)17(18,19)20/h11-13H,4-10H2,1-3H3,(H2,21,22,23). The normalized spacial score (nSPS) is 18.8. The fraction of sp³-hybridized carbons (Fsp3) is 0.765. The first-order chi connectivity index (χ1) is 12.3. The van der Waals surface area contributed by atoms with E-state index in [2.05, 4.69) is 39.4 Å². The second-order valence-electron chi connectivity index (χ2n) is 6.77. The van der Waals surface area contributed by atoms with Crippen molar-refractivity contribution in [2.75, 3.05) is 26.2 Å². The van der Waals surface area contributed by atoms with Crippen molar-refractivity contribution >= 4 is 17.3 Å². The maximum absolute atomic E-state index is 12.6. The second-order valence-corrected chi connectivity index (χ2v) is 7.71. The monoisotopic (exact) mass is 391 g/mol. The number of rotatable bonds is 6. The molecule has 0 aromatic carbocycles. The first-order valence-electron chi connectivity index (χ1n) is 9.07. The quantitative estimate of drug-likeness (QED) is 0.577. The minimum absolute atomic E-state index is 0.131. The van der Waals surface area contributed by atoms with Crippen molar-refractivity contribution in [1.82, 2.24) is 20.5 Å². The summed E-state index contributed by atoms with van der Waals surface area (Å²) in [5.74, 6) is 1.40. The lowest BCUT2D eigenvalue weighted by Crippen LogP contribution is -2.48. The van der Waals surface area contributed by atoms with Crippen LogP contribution in [0.3, 0.4) is 0 Å². The van der Waals surface area contributed by atoms with Crippen LogP contribution in [0.2, 0.25) is 0 Å². The van der Waals surface area contributed by atoms with E-state index in [1.54, 1.807) is 0 Å².